The molecule has 2 heterocycles. The van der Waals surface area contributed by atoms with Gasteiger partial charge in [-0.3, -0.25) is 4.79 Å². The van der Waals surface area contributed by atoms with Gasteiger partial charge in [-0.1, -0.05) is 12.8 Å². The first-order valence-electron chi connectivity index (χ1n) is 11.8. The van der Waals surface area contributed by atoms with Crippen LogP contribution in [0.5, 0.6) is 0 Å². The van der Waals surface area contributed by atoms with Crippen molar-refractivity contribution in [3.63, 3.8) is 0 Å². The van der Waals surface area contributed by atoms with Crippen molar-refractivity contribution in [1.82, 2.24) is 15.3 Å². The van der Waals surface area contributed by atoms with E-state index in [1.165, 1.54) is 4.90 Å². The van der Waals surface area contributed by atoms with Crippen molar-refractivity contribution in [2.45, 2.75) is 81.3 Å². The normalized spacial score (nSPS) is 38.4. The van der Waals surface area contributed by atoms with Gasteiger partial charge in [-0.15, -0.1) is 0 Å². The highest BCUT2D eigenvalue weighted by atomic mass is 19.3. The molecule has 168 valence electrons. The van der Waals surface area contributed by atoms with E-state index in [1.807, 2.05) is 0 Å². The number of hydrogen-bond donors (Lipinski definition) is 2. The minimum atomic E-state index is -2.68. The minimum Gasteiger partial charge on any atom is -0.390 e. The summed E-state index contributed by atoms with van der Waals surface area (Å²) in [6, 6.07) is 0.0921. The first-order valence-corrected chi connectivity index (χ1v) is 11.8. The van der Waals surface area contributed by atoms with Gasteiger partial charge in [0.25, 0.3) is 11.8 Å². The number of nitrogens with zero attached hydrogens (tertiary/aromatic N) is 3. The summed E-state index contributed by atoms with van der Waals surface area (Å²) < 4.78 is 26.7. The largest absolute Gasteiger partial charge is 0.390 e. The zero-order chi connectivity index (χ0) is 21.4. The van der Waals surface area contributed by atoms with E-state index in [2.05, 4.69) is 15.3 Å². The lowest BCUT2D eigenvalue weighted by atomic mass is 9.52. The van der Waals surface area contributed by atoms with E-state index in [-0.39, 0.29) is 31.0 Å². The maximum Gasteiger partial charge on any atom is 0.282 e. The Morgan fingerprint density at radius 3 is 2.42 bits per heavy atom. The molecule has 2 N–H and O–H groups in total. The number of amides is 1. The van der Waals surface area contributed by atoms with E-state index in [1.54, 1.807) is 6.20 Å². The van der Waals surface area contributed by atoms with E-state index in [4.69, 9.17) is 0 Å². The van der Waals surface area contributed by atoms with Gasteiger partial charge in [0.05, 0.1) is 29.9 Å². The minimum absolute atomic E-state index is 0.0921. The van der Waals surface area contributed by atoms with Gasteiger partial charge in [-0.05, 0) is 62.7 Å². The van der Waals surface area contributed by atoms with Crippen molar-refractivity contribution >= 4 is 11.9 Å². The van der Waals surface area contributed by atoms with Gasteiger partial charge in [0.15, 0.2) is 0 Å². The number of aromatic nitrogens is 2. The maximum absolute atomic E-state index is 13.4. The molecule has 1 aliphatic heterocycles. The molecule has 0 radical (unpaired) electrons. The van der Waals surface area contributed by atoms with Crippen LogP contribution in [0, 0.1) is 17.8 Å². The van der Waals surface area contributed by atoms with Crippen LogP contribution < -0.4 is 10.2 Å². The molecule has 2 unspecified atom stereocenters. The average Bonchev–Trinajstić information content (AvgIpc) is 3.22. The van der Waals surface area contributed by atoms with Crippen LogP contribution in [0.1, 0.15) is 79.8 Å². The van der Waals surface area contributed by atoms with Crippen LogP contribution in [0.4, 0.5) is 14.7 Å². The van der Waals surface area contributed by atoms with Crippen LogP contribution in [-0.4, -0.2) is 51.6 Å². The number of rotatable bonds is 4. The first-order chi connectivity index (χ1) is 14.8. The predicted octanol–water partition coefficient (Wildman–Crippen LogP) is 3.26. The monoisotopic (exact) mass is 432 g/mol. The molecule has 5 saturated carbocycles. The summed E-state index contributed by atoms with van der Waals surface area (Å²) in [5.74, 6) is -1.09. The van der Waals surface area contributed by atoms with Crippen LogP contribution in [0.3, 0.4) is 0 Å². The van der Waals surface area contributed by atoms with Crippen molar-refractivity contribution < 1.29 is 18.7 Å². The maximum atomic E-state index is 13.4. The molecule has 6 aliphatic rings. The molecule has 31 heavy (non-hydrogen) atoms. The Morgan fingerprint density at radius 1 is 1.13 bits per heavy atom. The summed E-state index contributed by atoms with van der Waals surface area (Å²) in [4.78, 5) is 23.8. The average molecular weight is 433 g/mol. The second kappa shape index (κ2) is 6.83. The number of nitrogens with one attached hydrogen (secondary N) is 1. The molecule has 6 nitrogen and oxygen atoms in total. The van der Waals surface area contributed by atoms with Gasteiger partial charge in [-0.25, -0.2) is 18.7 Å². The molecule has 1 amide bonds. The van der Waals surface area contributed by atoms with Gasteiger partial charge in [0, 0.05) is 18.2 Å². The number of carbonyl (C=O) groups is 1. The highest BCUT2D eigenvalue weighted by Gasteiger charge is 2.55. The number of anilines is 1. The summed E-state index contributed by atoms with van der Waals surface area (Å²) in [7, 11) is 0. The van der Waals surface area contributed by atoms with Crippen molar-refractivity contribution in [2.75, 3.05) is 18.0 Å². The Labute approximate surface area is 180 Å². The van der Waals surface area contributed by atoms with Crippen LogP contribution >= 0.6 is 0 Å². The molecule has 1 aromatic rings. The third-order valence-corrected chi connectivity index (χ3v) is 8.46. The van der Waals surface area contributed by atoms with Crippen molar-refractivity contribution in [2.24, 2.45) is 17.8 Å². The van der Waals surface area contributed by atoms with Crippen molar-refractivity contribution in [3.8, 4) is 0 Å². The molecule has 1 saturated heterocycles. The van der Waals surface area contributed by atoms with Crippen LogP contribution in [0.15, 0.2) is 6.20 Å². The number of alkyl halides is 2. The number of carbonyl (C=O) groups excluding carboxylic acids is 1. The molecular formula is C23H30F2N4O2. The van der Waals surface area contributed by atoms with Gasteiger partial charge in [0.1, 0.15) is 0 Å². The molecule has 7 rings (SSSR count). The highest BCUT2D eigenvalue weighted by molar-refractivity contribution is 5.95. The first kappa shape index (κ1) is 19.8. The predicted molar refractivity (Wildman–Crippen MR) is 110 cm³/mol. The summed E-state index contributed by atoms with van der Waals surface area (Å²) in [5, 5.41) is 14.1. The zero-order valence-corrected chi connectivity index (χ0v) is 17.7. The van der Waals surface area contributed by atoms with Crippen molar-refractivity contribution in [3.05, 3.63) is 17.5 Å². The quantitative estimate of drug-likeness (QED) is 0.764. The standard InChI is InChI=1S/C23H30F2N4O2/c24-23(25)11-29(12-23)21-26-10-17(19(28-21)14-3-1-2-4-14)20(30)27-18-15-5-13-6-16(18)9-22(31,7-13)8-15/h10,13-16,18,31H,1-9,11-12H2,(H,27,30)/t13?,15?,16?,18-,22+. The Bertz CT molecular complexity index is 880. The zero-order valence-electron chi connectivity index (χ0n) is 17.7. The Kier molecular flexibility index (Phi) is 4.37. The number of hydrogen-bond acceptors (Lipinski definition) is 5. The van der Waals surface area contributed by atoms with E-state index in [0.717, 1.165) is 63.5 Å². The van der Waals surface area contributed by atoms with E-state index >= 15 is 0 Å². The molecule has 8 heteroatoms. The van der Waals surface area contributed by atoms with Gasteiger partial charge >= 0.3 is 0 Å². The van der Waals surface area contributed by atoms with Gasteiger partial charge < -0.3 is 15.3 Å². The summed E-state index contributed by atoms with van der Waals surface area (Å²) in [6.45, 7) is -0.726. The SMILES string of the molecule is O=C(N[C@H]1C2CC3CC1C[C@@](O)(C3)C2)c1cnc(N2CC(F)(F)C2)nc1C1CCCC1. The Morgan fingerprint density at radius 2 is 1.81 bits per heavy atom. The lowest BCUT2D eigenvalue weighted by Gasteiger charge is -2.58. The van der Waals surface area contributed by atoms with Crippen LogP contribution in [0.25, 0.3) is 0 Å². The molecule has 0 aromatic carbocycles. The lowest BCUT2D eigenvalue weighted by molar-refractivity contribution is -0.136. The third-order valence-electron chi connectivity index (χ3n) is 8.46. The fourth-order valence-electron chi connectivity index (χ4n) is 7.32. The molecular weight excluding hydrogens is 402 g/mol. The summed E-state index contributed by atoms with van der Waals surface area (Å²) >= 11 is 0. The van der Waals surface area contributed by atoms with Crippen LogP contribution in [-0.2, 0) is 0 Å². The van der Waals surface area contributed by atoms with E-state index in [0.29, 0.717) is 29.3 Å². The topological polar surface area (TPSA) is 78.3 Å². The fraction of sp³-hybridized carbons (Fsp3) is 0.783. The van der Waals surface area contributed by atoms with Crippen LogP contribution in [0.2, 0.25) is 0 Å². The van der Waals surface area contributed by atoms with E-state index < -0.39 is 11.5 Å². The molecule has 0 spiro atoms. The second-order valence-corrected chi connectivity index (χ2v) is 10.9. The molecule has 5 aliphatic carbocycles. The number of aliphatic hydroxyl groups is 1. The summed E-state index contributed by atoms with van der Waals surface area (Å²) in [6.07, 6.45) is 10.3. The Balaban J connectivity index is 1.24. The highest BCUT2D eigenvalue weighted by Crippen LogP contribution is 2.55. The molecule has 2 atom stereocenters. The second-order valence-electron chi connectivity index (χ2n) is 10.9. The molecule has 4 bridgehead atoms. The Hall–Kier alpha value is -1.83. The fourth-order valence-corrected chi connectivity index (χ4v) is 7.32. The van der Waals surface area contributed by atoms with Gasteiger partial charge in [0.2, 0.25) is 5.95 Å². The summed E-state index contributed by atoms with van der Waals surface area (Å²) in [5.41, 5.74) is 0.685. The number of halogens is 2. The van der Waals surface area contributed by atoms with Gasteiger partial charge in [-0.2, -0.15) is 0 Å². The molecule has 1 aromatic heterocycles. The molecule has 6 fully saturated rings. The lowest BCUT2D eigenvalue weighted by Crippen LogP contribution is -2.61. The van der Waals surface area contributed by atoms with E-state index in [9.17, 15) is 18.7 Å². The van der Waals surface area contributed by atoms with Crippen molar-refractivity contribution in [1.29, 1.82) is 0 Å². The smallest absolute Gasteiger partial charge is 0.282 e. The third kappa shape index (κ3) is 3.41.